The van der Waals surface area contributed by atoms with Crippen LogP contribution in [0, 0.1) is 0 Å². The van der Waals surface area contributed by atoms with Gasteiger partial charge in [-0.2, -0.15) is 13.2 Å². The maximum Gasteiger partial charge on any atom is 0.416 e. The van der Waals surface area contributed by atoms with Gasteiger partial charge in [0.15, 0.2) is 6.23 Å². The Bertz CT molecular complexity index is 777. The number of anilines is 1. The molecule has 3 rings (SSSR count). The van der Waals surface area contributed by atoms with Crippen molar-refractivity contribution >= 4 is 23.2 Å². The molecule has 1 aliphatic heterocycles. The third-order valence-corrected chi connectivity index (χ3v) is 4.27. The van der Waals surface area contributed by atoms with Crippen LogP contribution >= 0.6 is 11.6 Å². The normalized spacial score (nSPS) is 21.0. The van der Waals surface area contributed by atoms with Gasteiger partial charge in [-0.15, -0.1) is 0 Å². The number of halogens is 4. The molecular weight excluding hydrogens is 355 g/mol. The summed E-state index contributed by atoms with van der Waals surface area (Å²) in [5.74, 6) is -0.359. The van der Waals surface area contributed by atoms with Crippen LogP contribution in [-0.2, 0) is 15.7 Å². The number of amides is 1. The van der Waals surface area contributed by atoms with Gasteiger partial charge in [0.25, 0.3) is 5.91 Å². The zero-order valence-corrected chi connectivity index (χ0v) is 14.0. The van der Waals surface area contributed by atoms with E-state index in [1.54, 1.807) is 31.2 Å². The second kappa shape index (κ2) is 6.69. The number of rotatable bonds is 3. The number of carbonyl (C=O) groups excluding carboxylic acids is 1. The largest absolute Gasteiger partial charge is 0.416 e. The van der Waals surface area contributed by atoms with Crippen molar-refractivity contribution in [1.29, 1.82) is 0 Å². The molecule has 1 saturated heterocycles. The Kier molecular flexibility index (Phi) is 4.75. The van der Waals surface area contributed by atoms with E-state index in [0.717, 1.165) is 12.1 Å². The summed E-state index contributed by atoms with van der Waals surface area (Å²) in [6, 6.07) is 11.4. The maximum absolute atomic E-state index is 13.0. The highest BCUT2D eigenvalue weighted by Crippen LogP contribution is 2.39. The molecule has 1 aliphatic rings. The van der Waals surface area contributed by atoms with Crippen LogP contribution < -0.4 is 4.90 Å². The first-order chi connectivity index (χ1) is 11.8. The Morgan fingerprint density at radius 1 is 1.16 bits per heavy atom. The SMILES string of the molecule is CCC1OC(c2ccc(Cl)cc2)N(c2cccc(C(F)(F)F)c2)C1=O. The molecule has 1 heterocycles. The van der Waals surface area contributed by atoms with Gasteiger partial charge < -0.3 is 4.74 Å². The minimum atomic E-state index is -4.49. The standard InChI is InChI=1S/C18H15ClF3NO2/c1-2-15-16(24)23(14-5-3-4-12(10-14)18(20,21)22)17(25-15)11-6-8-13(19)9-7-11/h3-10,15,17H,2H2,1H3. The van der Waals surface area contributed by atoms with Gasteiger partial charge in [0.2, 0.25) is 0 Å². The molecule has 0 bridgehead atoms. The van der Waals surface area contributed by atoms with E-state index in [-0.39, 0.29) is 11.6 Å². The van der Waals surface area contributed by atoms with Crippen molar-refractivity contribution < 1.29 is 22.7 Å². The number of nitrogens with zero attached hydrogens (tertiary/aromatic N) is 1. The molecule has 2 atom stereocenters. The fourth-order valence-corrected chi connectivity index (χ4v) is 2.89. The summed E-state index contributed by atoms with van der Waals surface area (Å²) >= 11 is 5.88. The van der Waals surface area contributed by atoms with Crippen LogP contribution in [0.1, 0.15) is 30.7 Å². The Morgan fingerprint density at radius 3 is 2.44 bits per heavy atom. The van der Waals surface area contributed by atoms with E-state index in [1.807, 2.05) is 0 Å². The molecule has 1 amide bonds. The van der Waals surface area contributed by atoms with Crippen LogP contribution in [0.4, 0.5) is 18.9 Å². The quantitative estimate of drug-likeness (QED) is 0.744. The van der Waals surface area contributed by atoms with Gasteiger partial charge in [0.05, 0.1) is 5.56 Å². The predicted octanol–water partition coefficient (Wildman–Crippen LogP) is 5.20. The molecule has 7 heteroatoms. The van der Waals surface area contributed by atoms with Crippen LogP contribution in [0.5, 0.6) is 0 Å². The summed E-state index contributed by atoms with van der Waals surface area (Å²) in [4.78, 5) is 13.9. The highest BCUT2D eigenvalue weighted by molar-refractivity contribution is 6.30. The van der Waals surface area contributed by atoms with Gasteiger partial charge in [-0.25, -0.2) is 0 Å². The lowest BCUT2D eigenvalue weighted by Gasteiger charge is -2.24. The van der Waals surface area contributed by atoms with E-state index in [2.05, 4.69) is 0 Å². The predicted molar refractivity (Wildman–Crippen MR) is 88.3 cm³/mol. The first-order valence-corrected chi connectivity index (χ1v) is 8.10. The lowest BCUT2D eigenvalue weighted by atomic mass is 10.1. The summed E-state index contributed by atoms with van der Waals surface area (Å²) in [6.07, 6.45) is -5.55. The topological polar surface area (TPSA) is 29.5 Å². The van der Waals surface area contributed by atoms with E-state index in [0.29, 0.717) is 17.0 Å². The van der Waals surface area contributed by atoms with Crippen LogP contribution in [-0.4, -0.2) is 12.0 Å². The van der Waals surface area contributed by atoms with E-state index < -0.39 is 24.1 Å². The van der Waals surface area contributed by atoms with E-state index in [4.69, 9.17) is 16.3 Å². The molecule has 132 valence electrons. The number of ether oxygens (including phenoxy) is 1. The molecule has 2 unspecified atom stereocenters. The van der Waals surface area contributed by atoms with Crippen molar-refractivity contribution in [3.63, 3.8) is 0 Å². The highest BCUT2D eigenvalue weighted by Gasteiger charge is 2.42. The van der Waals surface area contributed by atoms with E-state index >= 15 is 0 Å². The summed E-state index contributed by atoms with van der Waals surface area (Å²) in [7, 11) is 0. The van der Waals surface area contributed by atoms with Gasteiger partial charge >= 0.3 is 6.18 Å². The Labute approximate surface area is 148 Å². The number of hydrogen-bond acceptors (Lipinski definition) is 2. The van der Waals surface area contributed by atoms with Gasteiger partial charge in [-0.3, -0.25) is 9.69 Å². The van der Waals surface area contributed by atoms with Crippen LogP contribution in [0.15, 0.2) is 48.5 Å². The fourth-order valence-electron chi connectivity index (χ4n) is 2.77. The van der Waals surface area contributed by atoms with Gasteiger partial charge in [-0.05, 0) is 36.8 Å². The van der Waals surface area contributed by atoms with E-state index in [1.165, 1.54) is 17.0 Å². The van der Waals surface area contributed by atoms with Gasteiger partial charge in [0, 0.05) is 16.3 Å². The van der Waals surface area contributed by atoms with Crippen molar-refractivity contribution in [2.75, 3.05) is 4.90 Å². The summed E-state index contributed by atoms with van der Waals surface area (Å²) in [5, 5.41) is 0.519. The molecule has 0 N–H and O–H groups in total. The average Bonchev–Trinajstić information content (AvgIpc) is 2.91. The summed E-state index contributed by atoms with van der Waals surface area (Å²) < 4.78 is 44.8. The van der Waals surface area contributed by atoms with Crippen molar-refractivity contribution in [3.8, 4) is 0 Å². The highest BCUT2D eigenvalue weighted by atomic mass is 35.5. The van der Waals surface area contributed by atoms with E-state index in [9.17, 15) is 18.0 Å². The molecule has 0 aromatic heterocycles. The van der Waals surface area contributed by atoms with Crippen LogP contribution in [0.25, 0.3) is 0 Å². The lowest BCUT2D eigenvalue weighted by molar-refractivity contribution is -0.137. The first kappa shape index (κ1) is 17.8. The Hall–Kier alpha value is -2.05. The molecule has 0 saturated carbocycles. The fraction of sp³-hybridized carbons (Fsp3) is 0.278. The summed E-state index contributed by atoms with van der Waals surface area (Å²) in [5.41, 5.74) is -0.0190. The second-order valence-corrected chi connectivity index (χ2v) is 6.13. The molecular formula is C18H15ClF3NO2. The van der Waals surface area contributed by atoms with Crippen LogP contribution in [0.2, 0.25) is 5.02 Å². The number of benzene rings is 2. The molecule has 1 fully saturated rings. The molecule has 0 radical (unpaired) electrons. The second-order valence-electron chi connectivity index (χ2n) is 5.69. The zero-order valence-electron chi connectivity index (χ0n) is 13.3. The van der Waals surface area contributed by atoms with Crippen molar-refractivity contribution in [1.82, 2.24) is 0 Å². The van der Waals surface area contributed by atoms with Crippen molar-refractivity contribution in [2.45, 2.75) is 31.9 Å². The molecule has 2 aromatic carbocycles. The van der Waals surface area contributed by atoms with Crippen LogP contribution in [0.3, 0.4) is 0 Å². The average molecular weight is 370 g/mol. The molecule has 0 spiro atoms. The van der Waals surface area contributed by atoms with Crippen molar-refractivity contribution in [3.05, 3.63) is 64.7 Å². The minimum absolute atomic E-state index is 0.149. The third-order valence-electron chi connectivity index (χ3n) is 4.02. The minimum Gasteiger partial charge on any atom is -0.341 e. The molecule has 25 heavy (non-hydrogen) atoms. The monoisotopic (exact) mass is 369 g/mol. The number of carbonyl (C=O) groups is 1. The molecule has 3 nitrogen and oxygen atoms in total. The van der Waals surface area contributed by atoms with Crippen molar-refractivity contribution in [2.24, 2.45) is 0 Å². The van der Waals surface area contributed by atoms with Gasteiger partial charge in [-0.1, -0.05) is 36.7 Å². The zero-order chi connectivity index (χ0) is 18.2. The molecule has 2 aromatic rings. The first-order valence-electron chi connectivity index (χ1n) is 7.72. The Morgan fingerprint density at radius 2 is 1.84 bits per heavy atom. The third kappa shape index (κ3) is 3.50. The lowest BCUT2D eigenvalue weighted by Crippen LogP contribution is -2.31. The number of alkyl halides is 3. The summed E-state index contributed by atoms with van der Waals surface area (Å²) in [6.45, 7) is 1.79. The maximum atomic E-state index is 13.0. The van der Waals surface area contributed by atoms with Gasteiger partial charge in [0.1, 0.15) is 6.10 Å². The molecule has 0 aliphatic carbocycles. The smallest absolute Gasteiger partial charge is 0.341 e. The Balaban J connectivity index is 2.04. The number of hydrogen-bond donors (Lipinski definition) is 0.